The lowest BCUT2D eigenvalue weighted by molar-refractivity contribution is 0.255. The van der Waals surface area contributed by atoms with Gasteiger partial charge in [0.2, 0.25) is 0 Å². The molecule has 4 heterocycles. The van der Waals surface area contributed by atoms with Gasteiger partial charge >= 0.3 is 6.03 Å². The second-order valence-electron chi connectivity index (χ2n) is 10.7. The molecule has 2 amide bonds. The highest BCUT2D eigenvalue weighted by Crippen LogP contribution is 2.39. The Morgan fingerprint density at radius 3 is 2.63 bits per heavy atom. The molecular weight excluding hydrogens is 474 g/mol. The molecule has 6 rings (SSSR count). The van der Waals surface area contributed by atoms with Crippen LogP contribution < -0.4 is 15.1 Å². The van der Waals surface area contributed by atoms with Gasteiger partial charge in [-0.3, -0.25) is 14.5 Å². The Hall–Kier alpha value is -3.91. The molecule has 0 radical (unpaired) electrons. The molecule has 0 aliphatic carbocycles. The number of carbonyl (C=O) groups is 1. The molecule has 2 aliphatic rings. The third-order valence-corrected chi connectivity index (χ3v) is 8.08. The highest BCUT2D eigenvalue weighted by Gasteiger charge is 2.41. The summed E-state index contributed by atoms with van der Waals surface area (Å²) in [6.45, 7) is 13.9. The number of urea groups is 1. The lowest BCUT2D eigenvalue weighted by atomic mass is 9.99. The zero-order valence-corrected chi connectivity index (χ0v) is 22.8. The quantitative estimate of drug-likeness (QED) is 0.378. The Morgan fingerprint density at radius 1 is 1.13 bits per heavy atom. The van der Waals surface area contributed by atoms with E-state index in [4.69, 9.17) is 5.10 Å². The van der Waals surface area contributed by atoms with Gasteiger partial charge in [-0.25, -0.2) is 9.48 Å². The molecule has 0 bridgehead atoms. The van der Waals surface area contributed by atoms with E-state index in [1.165, 1.54) is 16.7 Å². The fourth-order valence-electron chi connectivity index (χ4n) is 6.19. The van der Waals surface area contributed by atoms with Gasteiger partial charge in [-0.1, -0.05) is 6.08 Å². The summed E-state index contributed by atoms with van der Waals surface area (Å²) in [5.41, 5.74) is 8.80. The smallest absolute Gasteiger partial charge is 0.310 e. The maximum Gasteiger partial charge on any atom is 0.330 e. The summed E-state index contributed by atoms with van der Waals surface area (Å²) in [5, 5.41) is 14.1. The molecule has 1 unspecified atom stereocenters. The van der Waals surface area contributed by atoms with Gasteiger partial charge in [-0.05, 0) is 81.1 Å². The van der Waals surface area contributed by atoms with Crippen molar-refractivity contribution in [1.29, 1.82) is 0 Å². The largest absolute Gasteiger partial charge is 0.330 e. The SMILES string of the molecule is C=CCc1c(C)cc(-n2nc3c(c2N2CC(C)N(c4ccc5c(cnn5C)c4)C2=O)[C@H](C)NCC3)cc1C. The van der Waals surface area contributed by atoms with Gasteiger partial charge < -0.3 is 5.32 Å². The van der Waals surface area contributed by atoms with Crippen molar-refractivity contribution in [2.24, 2.45) is 7.05 Å². The normalized spacial score (nSPS) is 19.4. The van der Waals surface area contributed by atoms with E-state index in [0.29, 0.717) is 6.54 Å². The molecule has 1 N–H and O–H groups in total. The van der Waals surface area contributed by atoms with E-state index in [-0.39, 0.29) is 18.1 Å². The third kappa shape index (κ3) is 3.74. The number of rotatable bonds is 5. The van der Waals surface area contributed by atoms with Crippen molar-refractivity contribution in [2.75, 3.05) is 22.9 Å². The Kier molecular flexibility index (Phi) is 5.87. The zero-order valence-electron chi connectivity index (χ0n) is 22.8. The number of aryl methyl sites for hydroxylation is 3. The summed E-state index contributed by atoms with van der Waals surface area (Å²) in [7, 11) is 1.93. The van der Waals surface area contributed by atoms with Crippen LogP contribution in [0.3, 0.4) is 0 Å². The fraction of sp³-hybridized carbons (Fsp3) is 0.367. The van der Waals surface area contributed by atoms with Crippen LogP contribution in [0, 0.1) is 13.8 Å². The number of benzene rings is 2. The first-order valence-electron chi connectivity index (χ1n) is 13.4. The Bertz CT molecular complexity index is 1560. The first-order chi connectivity index (χ1) is 18.3. The highest BCUT2D eigenvalue weighted by atomic mass is 16.2. The number of allylic oxidation sites excluding steroid dienone is 1. The summed E-state index contributed by atoms with van der Waals surface area (Å²) >= 11 is 0. The van der Waals surface area contributed by atoms with Crippen molar-refractivity contribution in [3.8, 4) is 5.69 Å². The molecule has 0 spiro atoms. The minimum Gasteiger partial charge on any atom is -0.310 e. The van der Waals surface area contributed by atoms with Crippen molar-refractivity contribution >= 4 is 28.4 Å². The summed E-state index contributed by atoms with van der Waals surface area (Å²) in [6.07, 6.45) is 5.47. The number of nitrogens with zero attached hydrogens (tertiary/aromatic N) is 6. The summed E-state index contributed by atoms with van der Waals surface area (Å²) in [4.78, 5) is 18.0. The van der Waals surface area contributed by atoms with Gasteiger partial charge in [0, 0.05) is 49.2 Å². The number of hydrogen-bond donors (Lipinski definition) is 1. The standard InChI is InChI=1S/C30H35N7O/c1-7-8-25-18(2)13-24(14-19(25)3)37-29(28-21(5)31-12-11-26(28)33-37)35-17-20(4)36(30(35)38)23-9-10-27-22(15-23)16-32-34(27)6/h7,9-10,13-16,20-21,31H,1,8,11-12,17H2,2-6H3/t20?,21-/m0/s1. The Labute approximate surface area is 223 Å². The molecule has 2 aliphatic heterocycles. The van der Waals surface area contributed by atoms with E-state index in [9.17, 15) is 4.79 Å². The minimum atomic E-state index is -0.0285. The molecule has 0 saturated carbocycles. The second-order valence-corrected chi connectivity index (χ2v) is 10.7. The molecule has 2 aromatic carbocycles. The van der Waals surface area contributed by atoms with Crippen LogP contribution in [0.1, 0.15) is 47.8 Å². The number of carbonyl (C=O) groups excluding carboxylic acids is 1. The monoisotopic (exact) mass is 509 g/mol. The van der Waals surface area contributed by atoms with Crippen LogP contribution in [0.5, 0.6) is 0 Å². The molecular formula is C30H35N7O. The maximum atomic E-state index is 14.2. The molecule has 2 atom stereocenters. The molecule has 1 saturated heterocycles. The minimum absolute atomic E-state index is 0.000849. The predicted molar refractivity (Wildman–Crippen MR) is 152 cm³/mol. The van der Waals surface area contributed by atoms with E-state index in [0.717, 1.165) is 58.7 Å². The van der Waals surface area contributed by atoms with Crippen LogP contribution in [-0.2, 0) is 19.9 Å². The van der Waals surface area contributed by atoms with Gasteiger partial charge in [0.25, 0.3) is 0 Å². The lowest BCUT2D eigenvalue weighted by Gasteiger charge is -2.25. The number of anilines is 2. The average Bonchev–Trinajstić information content (AvgIpc) is 3.54. The van der Waals surface area contributed by atoms with Gasteiger partial charge in [0.1, 0.15) is 5.82 Å². The van der Waals surface area contributed by atoms with Gasteiger partial charge in [0.15, 0.2) is 0 Å². The number of fused-ring (bicyclic) bond motifs is 2. The number of hydrogen-bond acceptors (Lipinski definition) is 4. The molecule has 8 heteroatoms. The topological polar surface area (TPSA) is 71.2 Å². The van der Waals surface area contributed by atoms with Crippen LogP contribution in [0.25, 0.3) is 16.6 Å². The van der Waals surface area contributed by atoms with E-state index in [1.54, 1.807) is 0 Å². The zero-order chi connectivity index (χ0) is 26.7. The second kappa shape index (κ2) is 9.13. The summed E-state index contributed by atoms with van der Waals surface area (Å²) in [5.74, 6) is 0.872. The summed E-state index contributed by atoms with van der Waals surface area (Å²) in [6, 6.07) is 10.6. The van der Waals surface area contributed by atoms with Gasteiger partial charge in [0.05, 0.1) is 29.1 Å². The first kappa shape index (κ1) is 24.4. The van der Waals surface area contributed by atoms with E-state index in [2.05, 4.69) is 62.9 Å². The predicted octanol–water partition coefficient (Wildman–Crippen LogP) is 5.15. The van der Waals surface area contributed by atoms with Crippen LogP contribution in [0.15, 0.2) is 49.2 Å². The third-order valence-electron chi connectivity index (χ3n) is 8.08. The van der Waals surface area contributed by atoms with Crippen molar-refractivity contribution < 1.29 is 4.79 Å². The molecule has 1 fully saturated rings. The van der Waals surface area contributed by atoms with Crippen LogP contribution in [-0.4, -0.2) is 44.7 Å². The Morgan fingerprint density at radius 2 is 1.89 bits per heavy atom. The van der Waals surface area contributed by atoms with Gasteiger partial charge in [-0.2, -0.15) is 10.2 Å². The lowest BCUT2D eigenvalue weighted by Crippen LogP contribution is -2.36. The number of nitrogens with one attached hydrogen (secondary N) is 1. The molecule has 2 aromatic heterocycles. The average molecular weight is 510 g/mol. The van der Waals surface area contributed by atoms with Crippen LogP contribution in [0.2, 0.25) is 0 Å². The van der Waals surface area contributed by atoms with Crippen molar-refractivity contribution in [3.63, 3.8) is 0 Å². The van der Waals surface area contributed by atoms with Crippen LogP contribution >= 0.6 is 0 Å². The first-order valence-corrected chi connectivity index (χ1v) is 13.4. The Balaban J connectivity index is 1.47. The maximum absolute atomic E-state index is 14.2. The van der Waals surface area contributed by atoms with Gasteiger partial charge in [-0.15, -0.1) is 6.58 Å². The summed E-state index contributed by atoms with van der Waals surface area (Å²) < 4.78 is 3.86. The van der Waals surface area contributed by atoms with Crippen LogP contribution in [0.4, 0.5) is 16.3 Å². The van der Waals surface area contributed by atoms with E-state index in [1.807, 2.05) is 50.6 Å². The fourth-order valence-corrected chi connectivity index (χ4v) is 6.19. The highest BCUT2D eigenvalue weighted by molar-refractivity contribution is 6.07. The van der Waals surface area contributed by atoms with E-state index < -0.39 is 0 Å². The van der Waals surface area contributed by atoms with Crippen molar-refractivity contribution in [1.82, 2.24) is 24.9 Å². The van der Waals surface area contributed by atoms with Crippen molar-refractivity contribution in [2.45, 2.75) is 52.6 Å². The molecule has 4 aromatic rings. The molecule has 8 nitrogen and oxygen atoms in total. The number of aromatic nitrogens is 4. The number of amides is 2. The molecule has 38 heavy (non-hydrogen) atoms. The van der Waals surface area contributed by atoms with Crippen molar-refractivity contribution in [3.05, 3.63) is 77.1 Å². The van der Waals surface area contributed by atoms with E-state index >= 15 is 0 Å². The molecule has 196 valence electrons.